The molecule has 310 valence electrons. The molecule has 0 aliphatic rings. The predicted molar refractivity (Wildman–Crippen MR) is 196 cm³/mol. The first-order valence-corrected chi connectivity index (χ1v) is 17.5. The van der Waals surface area contributed by atoms with Crippen LogP contribution >= 0.6 is 0 Å². The smallest absolute Gasteiger partial charge is 0.242 e. The van der Waals surface area contributed by atoms with Gasteiger partial charge in [0.1, 0.15) is 60.4 Å². The van der Waals surface area contributed by atoms with Gasteiger partial charge in [-0.3, -0.25) is 52.7 Å². The quantitative estimate of drug-likeness (QED) is 0.0555. The monoisotopic (exact) mass is 783 g/mol. The molecule has 0 bridgehead atoms. The van der Waals surface area contributed by atoms with Crippen molar-refractivity contribution in [1.82, 2.24) is 58.5 Å². The van der Waals surface area contributed by atoms with E-state index in [0.717, 1.165) is 0 Å². The molecule has 11 N–H and O–H groups in total. The predicted octanol–water partition coefficient (Wildman–Crippen LogP) is -5.20. The highest BCUT2D eigenvalue weighted by atomic mass is 16.2. The summed E-state index contributed by atoms with van der Waals surface area (Å²) in [5.41, 5.74) is 0. The van der Waals surface area contributed by atoms with E-state index in [1.54, 1.807) is 0 Å². The molecule has 0 heterocycles. The Hall–Kier alpha value is -5.83. The van der Waals surface area contributed by atoms with Crippen LogP contribution < -0.4 is 58.5 Å². The first kappa shape index (κ1) is 49.2. The molecule has 22 heteroatoms. The van der Waals surface area contributed by atoms with Gasteiger partial charge in [-0.25, -0.2) is 0 Å². The minimum absolute atomic E-state index is 0.433. The van der Waals surface area contributed by atoms with Gasteiger partial charge in [-0.05, 0) is 69.2 Å². The van der Waals surface area contributed by atoms with Crippen molar-refractivity contribution in [3.8, 4) is 0 Å². The Balaban J connectivity index is 4.88. The molecule has 22 nitrogen and oxygen atoms in total. The Labute approximate surface area is 319 Å². The lowest BCUT2D eigenvalue weighted by molar-refractivity contribution is -0.135. The lowest BCUT2D eigenvalue weighted by Crippen LogP contribution is -2.58. The van der Waals surface area contributed by atoms with Crippen LogP contribution in [-0.2, 0) is 52.7 Å². The van der Waals surface area contributed by atoms with Crippen LogP contribution in [-0.4, -0.2) is 132 Å². The van der Waals surface area contributed by atoms with E-state index in [-0.39, 0.29) is 0 Å². The van der Waals surface area contributed by atoms with Crippen molar-refractivity contribution in [1.29, 1.82) is 0 Å². The SMILES string of the molecule is CNC(=O)[C@H](C)NC(=O)[C@H](C)NC(=O)[C@H](C)NC(=O)[C@H](C)NC(=O)[C@H](C)NC(=O)[C@H](C)NC(=O)[C@H](C)NC(=O)[C@H](C)NC(=O)[C@H](C)NC(=O)[C@H](C)NC(C)=O. The van der Waals surface area contributed by atoms with Crippen LogP contribution in [0.1, 0.15) is 76.2 Å². The number of amides is 11. The summed E-state index contributed by atoms with van der Waals surface area (Å²) in [5, 5.41) is 26.4. The van der Waals surface area contributed by atoms with Gasteiger partial charge < -0.3 is 58.5 Å². The number of nitrogens with one attached hydrogen (secondary N) is 11. The average molecular weight is 784 g/mol. The highest BCUT2D eigenvalue weighted by molar-refractivity contribution is 5.98. The third-order valence-corrected chi connectivity index (χ3v) is 7.83. The molecule has 0 radical (unpaired) electrons. The standard InChI is InChI=1S/C33H57N11O11/c1-13(24(46)34-12)36-26(48)15(3)38-28(50)17(5)40-30(52)19(7)42-32(54)21(9)44-33(55)22(10)43-31(53)20(8)41-29(51)18(6)39-27(49)16(4)37-25(47)14(2)35-23(11)45/h13-22H,1-12H3,(H,34,46)(H,35,45)(H,36,48)(H,37,47)(H,38,50)(H,39,49)(H,40,52)(H,41,51)(H,42,54)(H,43,53)(H,44,55)/t13-,14-,15-,16-,17-,18-,19-,20-,21-,22-/m0/s1. The van der Waals surface area contributed by atoms with Crippen molar-refractivity contribution in [2.75, 3.05) is 7.05 Å². The van der Waals surface area contributed by atoms with Gasteiger partial charge in [0.25, 0.3) is 0 Å². The average Bonchev–Trinajstić information content (AvgIpc) is 3.09. The fourth-order valence-corrected chi connectivity index (χ4v) is 4.22. The zero-order valence-electron chi connectivity index (χ0n) is 33.3. The maximum absolute atomic E-state index is 12.7. The van der Waals surface area contributed by atoms with Crippen molar-refractivity contribution in [3.63, 3.8) is 0 Å². The van der Waals surface area contributed by atoms with E-state index in [9.17, 15) is 52.7 Å². The molecule has 0 saturated heterocycles. The van der Waals surface area contributed by atoms with E-state index in [1.807, 2.05) is 0 Å². The van der Waals surface area contributed by atoms with Gasteiger partial charge in [0.2, 0.25) is 65.0 Å². The fourth-order valence-electron chi connectivity index (χ4n) is 4.22. The summed E-state index contributed by atoms with van der Waals surface area (Å²) < 4.78 is 0. The third-order valence-electron chi connectivity index (χ3n) is 7.83. The maximum atomic E-state index is 12.7. The molecule has 0 aromatic rings. The van der Waals surface area contributed by atoms with Crippen LogP contribution in [0.4, 0.5) is 0 Å². The number of carbonyl (C=O) groups excluding carboxylic acids is 11. The molecule has 0 aromatic heterocycles. The van der Waals surface area contributed by atoms with Crippen LogP contribution in [0, 0.1) is 0 Å². The highest BCUT2D eigenvalue weighted by Gasteiger charge is 2.29. The van der Waals surface area contributed by atoms with Gasteiger partial charge in [-0.1, -0.05) is 0 Å². The summed E-state index contributed by atoms with van der Waals surface area (Å²) >= 11 is 0. The summed E-state index contributed by atoms with van der Waals surface area (Å²) in [6.45, 7) is 14.9. The Bertz CT molecular complexity index is 1470. The normalized spacial score (nSPS) is 16.1. The molecule has 0 saturated carbocycles. The van der Waals surface area contributed by atoms with E-state index in [0.29, 0.717) is 0 Å². The Morgan fingerprint density at radius 2 is 0.382 bits per heavy atom. The number of rotatable bonds is 20. The van der Waals surface area contributed by atoms with Crippen molar-refractivity contribution < 1.29 is 52.7 Å². The molecule has 0 unspecified atom stereocenters. The Morgan fingerprint density at radius 3 is 0.509 bits per heavy atom. The van der Waals surface area contributed by atoms with Gasteiger partial charge in [-0.15, -0.1) is 0 Å². The second kappa shape index (κ2) is 23.1. The third kappa shape index (κ3) is 17.7. The number of hydrogen-bond donors (Lipinski definition) is 11. The van der Waals surface area contributed by atoms with Crippen LogP contribution in [0.2, 0.25) is 0 Å². The number of hydrogen-bond acceptors (Lipinski definition) is 11. The van der Waals surface area contributed by atoms with E-state index in [4.69, 9.17) is 0 Å². The van der Waals surface area contributed by atoms with E-state index >= 15 is 0 Å². The van der Waals surface area contributed by atoms with E-state index < -0.39 is 125 Å². The Morgan fingerprint density at radius 1 is 0.255 bits per heavy atom. The lowest BCUT2D eigenvalue weighted by Gasteiger charge is -2.23. The van der Waals surface area contributed by atoms with Crippen molar-refractivity contribution in [2.24, 2.45) is 0 Å². The van der Waals surface area contributed by atoms with Gasteiger partial charge >= 0.3 is 0 Å². The molecular weight excluding hydrogens is 726 g/mol. The molecule has 11 amide bonds. The molecule has 0 fully saturated rings. The second-order valence-electron chi connectivity index (χ2n) is 13.1. The zero-order chi connectivity index (χ0) is 42.9. The van der Waals surface area contributed by atoms with Crippen molar-refractivity contribution in [3.05, 3.63) is 0 Å². The summed E-state index contributed by atoms with van der Waals surface area (Å²) in [6, 6.07) is -10.8. The lowest BCUT2D eigenvalue weighted by atomic mass is 10.2. The van der Waals surface area contributed by atoms with Crippen LogP contribution in [0.3, 0.4) is 0 Å². The minimum Gasteiger partial charge on any atom is -0.357 e. The number of likely N-dealkylation sites (N-methyl/N-ethyl adjacent to an activating group) is 1. The highest BCUT2D eigenvalue weighted by Crippen LogP contribution is 1.96. The summed E-state index contributed by atoms with van der Waals surface area (Å²) in [4.78, 5) is 136. The van der Waals surface area contributed by atoms with Crippen molar-refractivity contribution >= 4 is 65.0 Å². The molecule has 10 atom stereocenters. The van der Waals surface area contributed by atoms with E-state index in [1.165, 1.54) is 83.2 Å². The van der Waals surface area contributed by atoms with Crippen LogP contribution in [0.25, 0.3) is 0 Å². The first-order valence-electron chi connectivity index (χ1n) is 17.5. The molecule has 0 aliphatic carbocycles. The van der Waals surface area contributed by atoms with E-state index in [2.05, 4.69) is 58.5 Å². The van der Waals surface area contributed by atoms with Gasteiger partial charge in [0.15, 0.2) is 0 Å². The fraction of sp³-hybridized carbons (Fsp3) is 0.667. The topological polar surface area (TPSA) is 320 Å². The Kier molecular flexibility index (Phi) is 20.6. The molecule has 55 heavy (non-hydrogen) atoms. The molecule has 0 rings (SSSR count). The van der Waals surface area contributed by atoms with Crippen LogP contribution in [0.5, 0.6) is 0 Å². The molecule has 0 spiro atoms. The summed E-state index contributed by atoms with van der Waals surface area (Å²) in [6.07, 6.45) is 0. The van der Waals surface area contributed by atoms with Gasteiger partial charge in [0.05, 0.1) is 0 Å². The molecule has 0 aromatic carbocycles. The molecular formula is C33H57N11O11. The molecule has 0 aliphatic heterocycles. The van der Waals surface area contributed by atoms with Gasteiger partial charge in [-0.2, -0.15) is 0 Å². The van der Waals surface area contributed by atoms with Crippen LogP contribution in [0.15, 0.2) is 0 Å². The second-order valence-corrected chi connectivity index (χ2v) is 13.1. The zero-order valence-corrected chi connectivity index (χ0v) is 33.3. The van der Waals surface area contributed by atoms with Gasteiger partial charge in [0, 0.05) is 14.0 Å². The van der Waals surface area contributed by atoms with Crippen molar-refractivity contribution in [2.45, 2.75) is 137 Å². The number of carbonyl (C=O) groups is 11. The minimum atomic E-state index is -1.18. The largest absolute Gasteiger partial charge is 0.357 e. The first-order chi connectivity index (χ1) is 25.3. The summed E-state index contributed by atoms with van der Waals surface area (Å²) in [7, 11) is 1.41. The summed E-state index contributed by atoms with van der Waals surface area (Å²) in [5.74, 6) is -7.34. The maximum Gasteiger partial charge on any atom is 0.242 e.